The molecule has 0 N–H and O–H groups in total. The molecule has 2 aliphatic heterocycles. The number of para-hydroxylation sites is 1. The van der Waals surface area contributed by atoms with Gasteiger partial charge < -0.3 is 4.74 Å². The van der Waals surface area contributed by atoms with Gasteiger partial charge in [-0.05, 0) is 42.7 Å². The molecule has 2 aliphatic rings. The number of hydrogen-bond acceptors (Lipinski definition) is 5. The first kappa shape index (κ1) is 25.2. The monoisotopic (exact) mass is 496 g/mol. The zero-order valence-corrected chi connectivity index (χ0v) is 22.1. The van der Waals surface area contributed by atoms with Crippen molar-refractivity contribution in [3.63, 3.8) is 0 Å². The first-order valence-corrected chi connectivity index (χ1v) is 13.1. The lowest BCUT2D eigenvalue weighted by Crippen LogP contribution is -2.49. The Kier molecular flexibility index (Phi) is 7.68. The average molecular weight is 497 g/mol. The maximum Gasteiger partial charge on any atom is 0.257 e. The molecule has 5 rings (SSSR count). The van der Waals surface area contributed by atoms with Gasteiger partial charge in [0, 0.05) is 44.7 Å². The topological polar surface area (TPSA) is 48.4 Å². The van der Waals surface area contributed by atoms with Gasteiger partial charge in [-0.3, -0.25) is 14.6 Å². The number of amides is 1. The molecule has 1 atom stereocenters. The Morgan fingerprint density at radius 2 is 1.62 bits per heavy atom. The molecule has 1 saturated heterocycles. The minimum atomic E-state index is -0.119. The van der Waals surface area contributed by atoms with Crippen molar-refractivity contribution < 1.29 is 9.53 Å². The van der Waals surface area contributed by atoms with Crippen LogP contribution < -0.4 is 4.74 Å². The summed E-state index contributed by atoms with van der Waals surface area (Å²) in [7, 11) is 1.68. The Morgan fingerprint density at radius 3 is 2.38 bits per heavy atom. The Labute approximate surface area is 220 Å². The molecule has 2 heterocycles. The predicted molar refractivity (Wildman–Crippen MR) is 148 cm³/mol. The Morgan fingerprint density at radius 1 is 0.919 bits per heavy atom. The maximum atomic E-state index is 13.7. The van der Waals surface area contributed by atoms with Crippen molar-refractivity contribution in [1.29, 1.82) is 0 Å². The summed E-state index contributed by atoms with van der Waals surface area (Å²) < 4.78 is 5.61. The Balaban J connectivity index is 1.32. The van der Waals surface area contributed by atoms with Crippen LogP contribution in [0.15, 0.2) is 77.9 Å². The highest BCUT2D eigenvalue weighted by molar-refractivity contribution is 6.05. The fourth-order valence-electron chi connectivity index (χ4n) is 5.36. The minimum Gasteiger partial charge on any atom is -0.496 e. The van der Waals surface area contributed by atoms with Gasteiger partial charge in [-0.2, -0.15) is 5.10 Å². The molecular formula is C31H36N4O2. The molecular weight excluding hydrogens is 460 g/mol. The molecule has 6 heteroatoms. The number of carbonyl (C=O) groups excluding carboxylic acids is 1. The van der Waals surface area contributed by atoms with E-state index in [9.17, 15) is 4.79 Å². The second-order valence-electron chi connectivity index (χ2n) is 10.1. The van der Waals surface area contributed by atoms with E-state index in [0.717, 1.165) is 55.3 Å². The molecule has 3 aromatic rings. The predicted octanol–water partition coefficient (Wildman–Crippen LogP) is 4.81. The van der Waals surface area contributed by atoms with E-state index in [4.69, 9.17) is 9.84 Å². The molecule has 0 spiro atoms. The minimum absolute atomic E-state index is 0.0484. The van der Waals surface area contributed by atoms with Crippen molar-refractivity contribution in [3.8, 4) is 5.75 Å². The third kappa shape index (κ3) is 5.76. The van der Waals surface area contributed by atoms with Crippen LogP contribution in [0.3, 0.4) is 0 Å². The molecule has 0 bridgehead atoms. The zero-order valence-electron chi connectivity index (χ0n) is 22.1. The van der Waals surface area contributed by atoms with Crippen molar-refractivity contribution in [1.82, 2.24) is 14.8 Å². The van der Waals surface area contributed by atoms with E-state index in [2.05, 4.69) is 72.2 Å². The van der Waals surface area contributed by atoms with Crippen molar-refractivity contribution >= 4 is 11.6 Å². The molecule has 1 amide bonds. The first-order valence-electron chi connectivity index (χ1n) is 13.1. The number of carbonyl (C=O) groups is 1. The van der Waals surface area contributed by atoms with E-state index >= 15 is 0 Å². The van der Waals surface area contributed by atoms with Gasteiger partial charge in [0.05, 0.1) is 25.4 Å². The highest BCUT2D eigenvalue weighted by atomic mass is 16.5. The van der Waals surface area contributed by atoms with Crippen molar-refractivity contribution in [3.05, 3.63) is 101 Å². The number of aryl methyl sites for hydroxylation is 2. The molecule has 6 nitrogen and oxygen atoms in total. The van der Waals surface area contributed by atoms with Crippen LogP contribution >= 0.6 is 0 Å². The van der Waals surface area contributed by atoms with Crippen LogP contribution in [0.5, 0.6) is 5.75 Å². The van der Waals surface area contributed by atoms with Gasteiger partial charge in [-0.1, -0.05) is 66.2 Å². The molecule has 0 radical (unpaired) electrons. The van der Waals surface area contributed by atoms with E-state index < -0.39 is 0 Å². The normalized spacial score (nSPS) is 18.6. The van der Waals surface area contributed by atoms with E-state index in [0.29, 0.717) is 13.0 Å². The fourth-order valence-corrected chi connectivity index (χ4v) is 5.36. The van der Waals surface area contributed by atoms with Crippen molar-refractivity contribution in [2.24, 2.45) is 5.10 Å². The lowest BCUT2D eigenvalue weighted by molar-refractivity contribution is -0.134. The zero-order chi connectivity index (χ0) is 25.8. The van der Waals surface area contributed by atoms with E-state index in [1.807, 2.05) is 24.3 Å². The van der Waals surface area contributed by atoms with Gasteiger partial charge in [-0.15, -0.1) is 0 Å². The Hall–Kier alpha value is -3.48. The van der Waals surface area contributed by atoms with Crippen LogP contribution in [0, 0.1) is 13.8 Å². The molecule has 0 aromatic heterocycles. The molecule has 1 unspecified atom stereocenters. The van der Waals surface area contributed by atoms with Gasteiger partial charge >= 0.3 is 0 Å². The van der Waals surface area contributed by atoms with Gasteiger partial charge in [0.15, 0.2) is 0 Å². The number of methoxy groups -OCH3 is 1. The summed E-state index contributed by atoms with van der Waals surface area (Å²) in [4.78, 5) is 18.5. The van der Waals surface area contributed by atoms with Crippen LogP contribution in [-0.4, -0.2) is 66.3 Å². The summed E-state index contributed by atoms with van der Waals surface area (Å²) >= 11 is 0. The first-order chi connectivity index (χ1) is 18.0. The second kappa shape index (κ2) is 11.3. The second-order valence-corrected chi connectivity index (χ2v) is 10.1. The van der Waals surface area contributed by atoms with Crippen LogP contribution in [-0.2, 0) is 11.3 Å². The summed E-state index contributed by atoms with van der Waals surface area (Å²) in [6, 6.07) is 24.8. The number of benzene rings is 3. The quantitative estimate of drug-likeness (QED) is 0.471. The average Bonchev–Trinajstić information content (AvgIpc) is 3.37. The summed E-state index contributed by atoms with van der Waals surface area (Å²) in [5.41, 5.74) is 6.70. The number of hydrazone groups is 1. The van der Waals surface area contributed by atoms with Gasteiger partial charge in [0.2, 0.25) is 0 Å². The van der Waals surface area contributed by atoms with E-state index in [1.165, 1.54) is 16.7 Å². The lowest BCUT2D eigenvalue weighted by atomic mass is 9.93. The summed E-state index contributed by atoms with van der Waals surface area (Å²) in [5.74, 6) is 0.831. The SMILES string of the molecule is COc1ccccc1C1=NN(C(=O)CN2CCN(Cc3ccccc3)CC2)C(c2cc(C)ccc2C)C1. The van der Waals surface area contributed by atoms with Crippen LogP contribution in [0.25, 0.3) is 0 Å². The van der Waals surface area contributed by atoms with Crippen LogP contribution in [0.4, 0.5) is 0 Å². The number of rotatable bonds is 7. The smallest absolute Gasteiger partial charge is 0.257 e. The van der Waals surface area contributed by atoms with E-state index in [1.54, 1.807) is 12.1 Å². The van der Waals surface area contributed by atoms with Gasteiger partial charge in [0.25, 0.3) is 5.91 Å². The third-order valence-corrected chi connectivity index (χ3v) is 7.45. The summed E-state index contributed by atoms with van der Waals surface area (Å²) in [6.07, 6.45) is 0.668. The number of hydrogen-bond donors (Lipinski definition) is 0. The summed E-state index contributed by atoms with van der Waals surface area (Å²) in [5, 5.41) is 6.65. The molecule has 1 fully saturated rings. The highest BCUT2D eigenvalue weighted by Gasteiger charge is 2.35. The van der Waals surface area contributed by atoms with Crippen molar-refractivity contribution in [2.45, 2.75) is 32.9 Å². The third-order valence-electron chi connectivity index (χ3n) is 7.45. The van der Waals surface area contributed by atoms with E-state index in [-0.39, 0.29) is 11.9 Å². The fraction of sp³-hybridized carbons (Fsp3) is 0.355. The van der Waals surface area contributed by atoms with Crippen LogP contribution in [0.1, 0.15) is 40.3 Å². The highest BCUT2D eigenvalue weighted by Crippen LogP contribution is 2.36. The molecule has 3 aromatic carbocycles. The van der Waals surface area contributed by atoms with Crippen LogP contribution in [0.2, 0.25) is 0 Å². The van der Waals surface area contributed by atoms with Gasteiger partial charge in [-0.25, -0.2) is 5.01 Å². The molecule has 37 heavy (non-hydrogen) atoms. The lowest BCUT2D eigenvalue weighted by Gasteiger charge is -2.35. The van der Waals surface area contributed by atoms with Gasteiger partial charge in [0.1, 0.15) is 5.75 Å². The van der Waals surface area contributed by atoms with Crippen molar-refractivity contribution in [2.75, 3.05) is 39.8 Å². The molecule has 0 saturated carbocycles. The maximum absolute atomic E-state index is 13.7. The Bertz CT molecular complexity index is 1270. The number of nitrogens with zero attached hydrogens (tertiary/aromatic N) is 4. The number of ether oxygens (including phenoxy) is 1. The number of piperazine rings is 1. The largest absolute Gasteiger partial charge is 0.496 e. The standard InChI is InChI=1S/C31H36N4O2/c1-23-13-14-24(2)27(19-23)29-20-28(26-11-7-8-12-30(26)37-3)32-35(29)31(36)22-34-17-15-33(16-18-34)21-25-9-5-4-6-10-25/h4-14,19,29H,15-18,20-22H2,1-3H3. The molecule has 0 aliphatic carbocycles. The molecule has 192 valence electrons. The summed E-state index contributed by atoms with van der Waals surface area (Å²) in [6.45, 7) is 9.22.